The summed E-state index contributed by atoms with van der Waals surface area (Å²) in [5, 5.41) is 3.36. The molecule has 24 heavy (non-hydrogen) atoms. The number of pyridine rings is 1. The maximum absolute atomic E-state index is 5.43. The van der Waals surface area contributed by atoms with E-state index in [4.69, 9.17) is 4.74 Å². The number of rotatable bonds is 4. The topological polar surface area (TPSA) is 63.2 Å². The highest BCUT2D eigenvalue weighted by Crippen LogP contribution is 2.20. The van der Waals surface area contributed by atoms with Gasteiger partial charge in [-0.25, -0.2) is 9.97 Å². The molecule has 1 aromatic carbocycles. The van der Waals surface area contributed by atoms with Gasteiger partial charge in [-0.1, -0.05) is 18.2 Å². The molecule has 0 unspecified atom stereocenters. The fraction of sp³-hybridized carbons (Fsp3) is 0.278. The Balaban J connectivity index is 1.52. The number of hydrogen-bond donors (Lipinski definition) is 1. The van der Waals surface area contributed by atoms with Gasteiger partial charge < -0.3 is 15.0 Å². The molecular weight excluding hydrogens is 302 g/mol. The summed E-state index contributed by atoms with van der Waals surface area (Å²) in [6.07, 6.45) is 3.61. The molecule has 6 heteroatoms. The van der Waals surface area contributed by atoms with Crippen LogP contribution in [0.1, 0.15) is 5.56 Å². The van der Waals surface area contributed by atoms with Crippen molar-refractivity contribution in [2.24, 2.45) is 0 Å². The average molecular weight is 321 g/mol. The average Bonchev–Trinajstić information content (AvgIpc) is 2.67. The highest BCUT2D eigenvalue weighted by Gasteiger charge is 2.15. The summed E-state index contributed by atoms with van der Waals surface area (Å²) in [5.41, 5.74) is 2.94. The van der Waals surface area contributed by atoms with Gasteiger partial charge in [0.15, 0.2) is 0 Å². The lowest BCUT2D eigenvalue weighted by Crippen LogP contribution is -2.37. The number of benzene rings is 1. The van der Waals surface area contributed by atoms with Crippen molar-refractivity contribution in [1.82, 2.24) is 15.0 Å². The van der Waals surface area contributed by atoms with E-state index in [0.29, 0.717) is 6.54 Å². The number of ether oxygens (including phenoxy) is 1. The largest absolute Gasteiger partial charge is 0.378 e. The molecule has 3 heterocycles. The standard InChI is InChI=1S/C18H19N5O/c1-2-6-16-15(5-1)20-13-17(22-16)21-12-14-4-3-7-19-18(14)23-8-10-24-11-9-23/h1-7,13H,8-12H2,(H,21,22). The van der Waals surface area contributed by atoms with Crippen molar-refractivity contribution in [2.75, 3.05) is 36.5 Å². The number of aromatic nitrogens is 3. The van der Waals surface area contributed by atoms with Gasteiger partial charge >= 0.3 is 0 Å². The summed E-state index contributed by atoms with van der Waals surface area (Å²) in [4.78, 5) is 15.9. The predicted octanol–water partition coefficient (Wildman–Crippen LogP) is 2.47. The quantitative estimate of drug-likeness (QED) is 0.796. The zero-order valence-electron chi connectivity index (χ0n) is 13.4. The van der Waals surface area contributed by atoms with Crippen molar-refractivity contribution in [2.45, 2.75) is 6.54 Å². The first-order chi connectivity index (χ1) is 11.9. The molecule has 0 aliphatic carbocycles. The smallest absolute Gasteiger partial charge is 0.145 e. The summed E-state index contributed by atoms with van der Waals surface area (Å²) in [6, 6.07) is 11.9. The molecule has 0 spiro atoms. The van der Waals surface area contributed by atoms with Crippen LogP contribution in [0.2, 0.25) is 0 Å². The van der Waals surface area contributed by atoms with Crippen LogP contribution in [0.4, 0.5) is 11.6 Å². The van der Waals surface area contributed by atoms with Gasteiger partial charge in [0.25, 0.3) is 0 Å². The lowest BCUT2D eigenvalue weighted by atomic mass is 10.2. The second-order valence-electron chi connectivity index (χ2n) is 5.68. The third-order valence-corrected chi connectivity index (χ3v) is 4.09. The number of fused-ring (bicyclic) bond motifs is 1. The Morgan fingerprint density at radius 3 is 2.71 bits per heavy atom. The first kappa shape index (κ1) is 14.8. The molecule has 1 fully saturated rings. The molecular formula is C18H19N5O. The van der Waals surface area contributed by atoms with E-state index < -0.39 is 0 Å². The van der Waals surface area contributed by atoms with Crippen LogP contribution in [0, 0.1) is 0 Å². The van der Waals surface area contributed by atoms with Gasteiger partial charge in [-0.05, 0) is 18.2 Å². The summed E-state index contributed by atoms with van der Waals surface area (Å²) in [7, 11) is 0. The molecule has 1 N–H and O–H groups in total. The summed E-state index contributed by atoms with van der Waals surface area (Å²) in [6.45, 7) is 3.91. The van der Waals surface area contributed by atoms with Gasteiger partial charge in [0.2, 0.25) is 0 Å². The number of anilines is 2. The van der Waals surface area contributed by atoms with Crippen LogP contribution in [0.15, 0.2) is 48.8 Å². The van der Waals surface area contributed by atoms with E-state index in [1.807, 2.05) is 36.5 Å². The molecule has 4 rings (SSSR count). The van der Waals surface area contributed by atoms with Gasteiger partial charge in [-0.3, -0.25) is 4.98 Å². The van der Waals surface area contributed by atoms with Crippen LogP contribution < -0.4 is 10.2 Å². The van der Waals surface area contributed by atoms with E-state index in [1.54, 1.807) is 6.20 Å². The molecule has 0 atom stereocenters. The van der Waals surface area contributed by atoms with Crippen molar-refractivity contribution in [1.29, 1.82) is 0 Å². The first-order valence-electron chi connectivity index (χ1n) is 8.12. The van der Waals surface area contributed by atoms with Crippen molar-refractivity contribution in [3.63, 3.8) is 0 Å². The van der Waals surface area contributed by atoms with Crippen LogP contribution in [0.25, 0.3) is 11.0 Å². The Bertz CT molecular complexity index is 832. The van der Waals surface area contributed by atoms with E-state index >= 15 is 0 Å². The molecule has 0 radical (unpaired) electrons. The summed E-state index contributed by atoms with van der Waals surface area (Å²) >= 11 is 0. The zero-order chi connectivity index (χ0) is 16.2. The number of nitrogens with one attached hydrogen (secondary N) is 1. The van der Waals surface area contributed by atoms with Crippen LogP contribution in [0.3, 0.4) is 0 Å². The molecule has 122 valence electrons. The third-order valence-electron chi connectivity index (χ3n) is 4.09. The molecule has 6 nitrogen and oxygen atoms in total. The van der Waals surface area contributed by atoms with Crippen LogP contribution >= 0.6 is 0 Å². The van der Waals surface area contributed by atoms with Gasteiger partial charge in [0.05, 0.1) is 30.4 Å². The molecule has 0 amide bonds. The zero-order valence-corrected chi connectivity index (χ0v) is 13.4. The van der Waals surface area contributed by atoms with Crippen molar-refractivity contribution < 1.29 is 4.74 Å². The second-order valence-corrected chi connectivity index (χ2v) is 5.68. The molecule has 1 aliphatic rings. The lowest BCUT2D eigenvalue weighted by molar-refractivity contribution is 0.122. The Labute approximate surface area is 140 Å². The molecule has 0 bridgehead atoms. The summed E-state index contributed by atoms with van der Waals surface area (Å²) in [5.74, 6) is 1.78. The maximum atomic E-state index is 5.43. The fourth-order valence-electron chi connectivity index (χ4n) is 2.86. The minimum absolute atomic E-state index is 0.660. The Hall–Kier alpha value is -2.73. The summed E-state index contributed by atoms with van der Waals surface area (Å²) < 4.78 is 5.43. The van der Waals surface area contributed by atoms with E-state index in [1.165, 1.54) is 0 Å². The highest BCUT2D eigenvalue weighted by atomic mass is 16.5. The predicted molar refractivity (Wildman–Crippen MR) is 94.1 cm³/mol. The first-order valence-corrected chi connectivity index (χ1v) is 8.12. The molecule has 0 saturated carbocycles. The van der Waals surface area contributed by atoms with E-state index in [0.717, 1.165) is 54.5 Å². The van der Waals surface area contributed by atoms with Crippen molar-refractivity contribution >= 4 is 22.7 Å². The highest BCUT2D eigenvalue weighted by molar-refractivity contribution is 5.75. The lowest BCUT2D eigenvalue weighted by Gasteiger charge is -2.29. The molecule has 1 saturated heterocycles. The minimum atomic E-state index is 0.660. The number of morpholine rings is 1. The Morgan fingerprint density at radius 2 is 1.83 bits per heavy atom. The molecule has 2 aromatic heterocycles. The van der Waals surface area contributed by atoms with Crippen molar-refractivity contribution in [3.05, 3.63) is 54.4 Å². The van der Waals surface area contributed by atoms with Crippen LogP contribution in [-0.2, 0) is 11.3 Å². The SMILES string of the molecule is c1cnc(N2CCOCC2)c(CNc2cnc3ccccc3n2)c1. The van der Waals surface area contributed by atoms with Crippen LogP contribution in [0.5, 0.6) is 0 Å². The fourth-order valence-corrected chi connectivity index (χ4v) is 2.86. The Morgan fingerprint density at radius 1 is 1.00 bits per heavy atom. The molecule has 1 aliphatic heterocycles. The maximum Gasteiger partial charge on any atom is 0.145 e. The van der Waals surface area contributed by atoms with Crippen LogP contribution in [-0.4, -0.2) is 41.3 Å². The number of hydrogen-bond acceptors (Lipinski definition) is 6. The van der Waals surface area contributed by atoms with E-state index in [-0.39, 0.29) is 0 Å². The number of nitrogens with zero attached hydrogens (tertiary/aromatic N) is 4. The van der Waals surface area contributed by atoms with Gasteiger partial charge in [-0.15, -0.1) is 0 Å². The van der Waals surface area contributed by atoms with Gasteiger partial charge in [0, 0.05) is 31.4 Å². The Kier molecular flexibility index (Phi) is 4.20. The van der Waals surface area contributed by atoms with Crippen molar-refractivity contribution in [3.8, 4) is 0 Å². The minimum Gasteiger partial charge on any atom is -0.378 e. The second kappa shape index (κ2) is 6.80. The van der Waals surface area contributed by atoms with Gasteiger partial charge in [0.1, 0.15) is 11.6 Å². The number of para-hydroxylation sites is 2. The van der Waals surface area contributed by atoms with E-state index in [2.05, 4.69) is 31.2 Å². The van der Waals surface area contributed by atoms with E-state index in [9.17, 15) is 0 Å². The molecule has 3 aromatic rings. The monoisotopic (exact) mass is 321 g/mol. The van der Waals surface area contributed by atoms with Gasteiger partial charge in [-0.2, -0.15) is 0 Å². The third kappa shape index (κ3) is 3.14. The normalized spacial score (nSPS) is 14.8.